The van der Waals surface area contributed by atoms with E-state index in [1.54, 1.807) is 12.1 Å². The monoisotopic (exact) mass is 882 g/mol. The van der Waals surface area contributed by atoms with Crippen LogP contribution in [0, 0.1) is 17.8 Å². The van der Waals surface area contributed by atoms with Crippen LogP contribution >= 0.6 is 21.6 Å². The number of carboxylic acids is 1. The minimum atomic E-state index is -2.52. The Morgan fingerprint density at radius 2 is 1.90 bits per heavy atom. The van der Waals surface area contributed by atoms with Crippen LogP contribution in [0.2, 0.25) is 0 Å². The first-order chi connectivity index (χ1) is 29.9. The molecule has 0 amide bonds. The molecule has 5 aliphatic rings. The largest absolute Gasteiger partial charge is 0.508 e. The van der Waals surface area contributed by atoms with Crippen LogP contribution in [0.15, 0.2) is 102 Å². The molecular formula is C47H50N2O11S2. The number of aldehydes is 1. The second-order valence-corrected chi connectivity index (χ2v) is 18.8. The van der Waals surface area contributed by atoms with Gasteiger partial charge in [0, 0.05) is 30.2 Å². The fourth-order valence-corrected chi connectivity index (χ4v) is 11.1. The zero-order chi connectivity index (χ0) is 43.6. The zero-order valence-electron chi connectivity index (χ0n) is 34.3. The standard InChI is InChI=1S/C47H50N2O11S2/c1-27-7-9-29(35-6-4-3-5-34(27)35)10-8-28(2)37-21-49-24-46(56)45(59-33-15-16-36-40(19-33)57-22-38(41(36)52)30-11-13-32(51)14-12-30)60-42(44(54)55)43(53)47(46,25-50)58-26-62-61-23-39(37)31-17-18-48-20-31/h3-7,9-17,19-20,25,27-28,37,39,42-43,45,49,51-53,56H,8,18,21-24,26H2,1-2H3,(H,54,55)/b29-10+/t27-,28+,37-,39+,42-,43+,45+,46-,47-/m0/s1. The number of aliphatic hydroxyl groups excluding tert-OH is 2. The van der Waals surface area contributed by atoms with Gasteiger partial charge >= 0.3 is 5.97 Å². The highest BCUT2D eigenvalue weighted by atomic mass is 33.1. The van der Waals surface area contributed by atoms with Gasteiger partial charge in [-0.2, -0.15) is 0 Å². The van der Waals surface area contributed by atoms with Crippen molar-refractivity contribution in [3.8, 4) is 17.2 Å². The number of nitrogens with zero attached hydrogens (tertiary/aromatic N) is 1. The fourth-order valence-electron chi connectivity index (χ4n) is 9.01. The molecule has 15 heteroatoms. The topological polar surface area (TPSA) is 197 Å². The predicted octanol–water partition coefficient (Wildman–Crippen LogP) is 6.41. The summed E-state index contributed by atoms with van der Waals surface area (Å²) in [6, 6.07) is 19.3. The third-order valence-electron chi connectivity index (χ3n) is 12.6. The molecule has 62 heavy (non-hydrogen) atoms. The number of carboxylic acid groups (broad SMARTS) is 1. The van der Waals surface area contributed by atoms with Gasteiger partial charge in [0.2, 0.25) is 6.29 Å². The maximum Gasteiger partial charge on any atom is 0.335 e. The summed E-state index contributed by atoms with van der Waals surface area (Å²) in [5.41, 5.74) is 1.24. The number of aliphatic hydroxyl groups is 3. The van der Waals surface area contributed by atoms with Gasteiger partial charge in [0.15, 0.2) is 23.6 Å². The van der Waals surface area contributed by atoms with Gasteiger partial charge < -0.3 is 49.8 Å². The predicted molar refractivity (Wildman–Crippen MR) is 239 cm³/mol. The number of carbonyl (C=O) groups is 2. The number of aliphatic carboxylic acids is 1. The summed E-state index contributed by atoms with van der Waals surface area (Å²) in [5, 5.41) is 59.1. The van der Waals surface area contributed by atoms with E-state index in [1.807, 2.05) is 6.21 Å². The van der Waals surface area contributed by atoms with Gasteiger partial charge in [-0.25, -0.2) is 4.79 Å². The summed E-state index contributed by atoms with van der Waals surface area (Å²) in [6.45, 7) is 4.91. The van der Waals surface area contributed by atoms with Crippen LogP contribution in [0.1, 0.15) is 48.4 Å². The van der Waals surface area contributed by atoms with E-state index in [2.05, 4.69) is 72.7 Å². The Kier molecular flexibility index (Phi) is 13.0. The Morgan fingerprint density at radius 3 is 2.66 bits per heavy atom. The molecule has 6 N–H and O–H groups in total. The van der Waals surface area contributed by atoms with Crippen LogP contribution in [0.25, 0.3) is 16.9 Å². The minimum absolute atomic E-state index is 0.0161. The SMILES string of the molecule is C[C@H](C/C=C1\C=C[C@H](C)c2ccccc21)[C@@H]1CNC[C@]2(O)[C@H](Oc3ccc4c(c3)OCC(c3ccc(O)cc3)=C4O)O[C@H](C(=O)O)[C@@H](O)[C@]2(C=O)OCSSC[C@@H]1C1=CCN=C1. The van der Waals surface area contributed by atoms with E-state index in [0.717, 1.165) is 17.6 Å². The first-order valence-electron chi connectivity index (χ1n) is 20.6. The summed E-state index contributed by atoms with van der Waals surface area (Å²) >= 11 is 0. The third kappa shape index (κ3) is 8.34. The summed E-state index contributed by atoms with van der Waals surface area (Å²) < 4.78 is 24.3. The van der Waals surface area contributed by atoms with Crippen molar-refractivity contribution < 1.29 is 54.1 Å². The number of hydrogen-bond acceptors (Lipinski definition) is 14. The van der Waals surface area contributed by atoms with E-state index < -0.39 is 42.2 Å². The number of β-amino-alcohol motifs (C(OH)–C–C–N with tert-alkyl or cyclic N) is 1. The summed E-state index contributed by atoms with van der Waals surface area (Å²) in [5.74, 6) is -0.347. The van der Waals surface area contributed by atoms with Gasteiger partial charge in [-0.05, 0) is 88.7 Å². The van der Waals surface area contributed by atoms with E-state index in [0.29, 0.717) is 41.5 Å². The lowest BCUT2D eigenvalue weighted by atomic mass is 9.73. The Labute approximate surface area is 367 Å². The van der Waals surface area contributed by atoms with Crippen LogP contribution in [0.3, 0.4) is 0 Å². The number of benzene rings is 3. The number of allylic oxidation sites excluding steroid dienone is 5. The number of hydrogen-bond donors (Lipinski definition) is 6. The molecule has 1 aliphatic carbocycles. The number of phenolic OH excluding ortho intramolecular Hbond substituents is 1. The normalized spacial score (nSPS) is 31.0. The molecule has 0 saturated carbocycles. The van der Waals surface area contributed by atoms with Gasteiger partial charge in [-0.15, -0.1) is 0 Å². The lowest BCUT2D eigenvalue weighted by Gasteiger charge is -2.53. The van der Waals surface area contributed by atoms with Crippen molar-refractivity contribution in [1.29, 1.82) is 0 Å². The van der Waals surface area contributed by atoms with Crippen molar-refractivity contribution in [3.05, 3.63) is 119 Å². The molecular weight excluding hydrogens is 833 g/mol. The molecule has 3 aromatic rings. The maximum absolute atomic E-state index is 13.4. The first kappa shape index (κ1) is 43.8. The number of nitrogens with one attached hydrogen (secondary N) is 1. The zero-order valence-corrected chi connectivity index (χ0v) is 35.9. The van der Waals surface area contributed by atoms with Crippen molar-refractivity contribution in [2.45, 2.75) is 55.9 Å². The van der Waals surface area contributed by atoms with Crippen LogP contribution in [-0.2, 0) is 19.1 Å². The van der Waals surface area contributed by atoms with E-state index in [1.165, 1.54) is 63.0 Å². The molecule has 2 fully saturated rings. The summed E-state index contributed by atoms with van der Waals surface area (Å²) in [6.07, 6.45) is 5.72. The van der Waals surface area contributed by atoms with Crippen molar-refractivity contribution in [2.24, 2.45) is 22.7 Å². The maximum atomic E-state index is 13.4. The number of rotatable bonds is 9. The Morgan fingerprint density at radius 1 is 1.10 bits per heavy atom. The molecule has 0 spiro atoms. The average molecular weight is 883 g/mol. The molecule has 9 atom stereocenters. The molecule has 0 bridgehead atoms. The number of aromatic hydroxyl groups is 1. The van der Waals surface area contributed by atoms with Gasteiger partial charge in [0.05, 0.1) is 12.1 Å². The van der Waals surface area contributed by atoms with Crippen LogP contribution < -0.4 is 14.8 Å². The smallest absolute Gasteiger partial charge is 0.335 e. The number of phenols is 1. The molecule has 4 aliphatic heterocycles. The number of carbonyl (C=O) groups excluding carboxylic acids is 1. The molecule has 0 radical (unpaired) electrons. The fraction of sp³-hybridized carbons (Fsp3) is 0.383. The highest BCUT2D eigenvalue weighted by Gasteiger charge is 2.69. The quantitative estimate of drug-likeness (QED) is 0.102. The van der Waals surface area contributed by atoms with Crippen LogP contribution in [0.4, 0.5) is 0 Å². The summed E-state index contributed by atoms with van der Waals surface area (Å²) in [7, 11) is 2.81. The van der Waals surface area contributed by atoms with Gasteiger partial charge in [-0.1, -0.05) is 96.1 Å². The van der Waals surface area contributed by atoms with E-state index in [-0.39, 0.29) is 59.6 Å². The van der Waals surface area contributed by atoms with Gasteiger partial charge in [0.25, 0.3) is 0 Å². The van der Waals surface area contributed by atoms with E-state index in [4.69, 9.17) is 18.9 Å². The van der Waals surface area contributed by atoms with Crippen molar-refractivity contribution >= 4 is 57.0 Å². The Balaban J connectivity index is 1.10. The first-order valence-corrected chi connectivity index (χ1v) is 23.1. The van der Waals surface area contributed by atoms with Crippen molar-refractivity contribution in [2.75, 3.05) is 37.9 Å². The third-order valence-corrected chi connectivity index (χ3v) is 14.7. The van der Waals surface area contributed by atoms with Crippen LogP contribution in [-0.4, -0.2) is 112 Å². The molecule has 0 aromatic heterocycles. The second-order valence-electron chi connectivity index (χ2n) is 16.3. The van der Waals surface area contributed by atoms with Crippen molar-refractivity contribution in [1.82, 2.24) is 5.32 Å². The minimum Gasteiger partial charge on any atom is -0.508 e. The van der Waals surface area contributed by atoms with Crippen molar-refractivity contribution in [3.63, 3.8) is 0 Å². The molecule has 13 nitrogen and oxygen atoms in total. The van der Waals surface area contributed by atoms with E-state index >= 15 is 0 Å². The molecule has 4 heterocycles. The van der Waals surface area contributed by atoms with E-state index in [9.17, 15) is 35.1 Å². The van der Waals surface area contributed by atoms with Gasteiger partial charge in [0.1, 0.15) is 41.7 Å². The average Bonchev–Trinajstić information content (AvgIpc) is 3.81. The highest BCUT2D eigenvalue weighted by Crippen LogP contribution is 2.45. The Hall–Kier alpha value is -4.87. The van der Waals surface area contributed by atoms with Crippen LogP contribution in [0.5, 0.6) is 17.2 Å². The lowest BCUT2D eigenvalue weighted by Crippen LogP contribution is -2.80. The summed E-state index contributed by atoms with van der Waals surface area (Å²) in [4.78, 5) is 30.5. The molecule has 326 valence electrons. The van der Waals surface area contributed by atoms with Gasteiger partial charge in [-0.3, -0.25) is 9.79 Å². The number of aliphatic imine (C=N–C) groups is 1. The number of ether oxygens (including phenoxy) is 4. The molecule has 3 aromatic carbocycles. The number of fused-ring (bicyclic) bond motifs is 3. The highest BCUT2D eigenvalue weighted by molar-refractivity contribution is 8.76. The molecule has 0 unspecified atom stereocenters. The Bertz CT molecular complexity index is 2330. The molecule has 8 rings (SSSR count). The second kappa shape index (κ2) is 18.5. The lowest BCUT2D eigenvalue weighted by molar-refractivity contribution is -0.340. The molecule has 2 saturated heterocycles.